The highest BCUT2D eigenvalue weighted by Crippen LogP contribution is 2.37. The summed E-state index contributed by atoms with van der Waals surface area (Å²) >= 11 is 0. The van der Waals surface area contributed by atoms with Gasteiger partial charge in [0.1, 0.15) is 0 Å². The van der Waals surface area contributed by atoms with Crippen molar-refractivity contribution < 1.29 is 0 Å². The highest BCUT2D eigenvalue weighted by Gasteiger charge is 2.38. The normalized spacial score (nSPS) is 39.7. The average molecular weight is 180 g/mol. The van der Waals surface area contributed by atoms with Crippen LogP contribution in [0.25, 0.3) is 0 Å². The number of nitrogens with one attached hydrogen (secondary N) is 1. The van der Waals surface area contributed by atoms with Gasteiger partial charge in [0.05, 0.1) is 0 Å². The number of fused-ring (bicyclic) bond motifs is 2. The maximum atomic E-state index is 3.36. The van der Waals surface area contributed by atoms with E-state index in [0.29, 0.717) is 0 Å². The van der Waals surface area contributed by atoms with Crippen LogP contribution in [0.4, 0.5) is 0 Å². The van der Waals surface area contributed by atoms with Crippen molar-refractivity contribution in [3.05, 3.63) is 0 Å². The number of hydrogen-bond donors (Lipinski definition) is 1. The van der Waals surface area contributed by atoms with Gasteiger partial charge >= 0.3 is 0 Å². The molecule has 0 radical (unpaired) electrons. The molecule has 3 aliphatic heterocycles. The summed E-state index contributed by atoms with van der Waals surface area (Å²) in [6, 6.07) is 1.97. The lowest BCUT2D eigenvalue weighted by Crippen LogP contribution is -2.44. The lowest BCUT2D eigenvalue weighted by molar-refractivity contribution is 0.210. The Kier molecular flexibility index (Phi) is 2.06. The molecule has 2 bridgehead atoms. The fourth-order valence-corrected chi connectivity index (χ4v) is 3.27. The minimum Gasteiger partial charge on any atom is -0.316 e. The summed E-state index contributed by atoms with van der Waals surface area (Å²) in [5, 5.41) is 3.36. The maximum Gasteiger partial charge on any atom is 0.00993 e. The first kappa shape index (κ1) is 8.25. The van der Waals surface area contributed by atoms with E-state index in [2.05, 4.69) is 10.2 Å². The number of nitrogens with zero attached hydrogens (tertiary/aromatic N) is 1. The van der Waals surface area contributed by atoms with Crippen molar-refractivity contribution in [2.24, 2.45) is 5.92 Å². The molecule has 0 aromatic heterocycles. The highest BCUT2D eigenvalue weighted by molar-refractivity contribution is 4.95. The summed E-state index contributed by atoms with van der Waals surface area (Å²) in [6.07, 6.45) is 7.42. The summed E-state index contributed by atoms with van der Waals surface area (Å²) in [5.41, 5.74) is 0. The van der Waals surface area contributed by atoms with Gasteiger partial charge in [0.15, 0.2) is 0 Å². The number of hydrogen-bond acceptors (Lipinski definition) is 2. The average Bonchev–Trinajstić information content (AvgIpc) is 2.62. The van der Waals surface area contributed by atoms with Crippen LogP contribution in [0, 0.1) is 5.92 Å². The van der Waals surface area contributed by atoms with Crippen LogP contribution in [0.15, 0.2) is 0 Å². The first-order valence-electron chi connectivity index (χ1n) is 5.90. The molecule has 74 valence electrons. The van der Waals surface area contributed by atoms with Crippen molar-refractivity contribution in [2.75, 3.05) is 19.6 Å². The molecule has 0 aromatic carbocycles. The van der Waals surface area contributed by atoms with E-state index in [1.165, 1.54) is 51.7 Å². The minimum absolute atomic E-state index is 0.984. The van der Waals surface area contributed by atoms with E-state index in [0.717, 1.165) is 18.0 Å². The highest BCUT2D eigenvalue weighted by atomic mass is 15.2. The molecule has 0 saturated carbocycles. The van der Waals surface area contributed by atoms with E-state index in [4.69, 9.17) is 0 Å². The lowest BCUT2D eigenvalue weighted by atomic mass is 9.99. The third kappa shape index (κ3) is 1.40. The largest absolute Gasteiger partial charge is 0.316 e. The van der Waals surface area contributed by atoms with Gasteiger partial charge in [-0.05, 0) is 57.7 Å². The zero-order chi connectivity index (χ0) is 8.67. The second kappa shape index (κ2) is 3.25. The smallest absolute Gasteiger partial charge is 0.00993 e. The Labute approximate surface area is 80.7 Å². The molecule has 13 heavy (non-hydrogen) atoms. The first-order valence-corrected chi connectivity index (χ1v) is 5.90. The molecule has 3 saturated heterocycles. The summed E-state index contributed by atoms with van der Waals surface area (Å²) in [7, 11) is 0. The molecule has 3 rings (SSSR count). The van der Waals surface area contributed by atoms with Crippen LogP contribution in [0.2, 0.25) is 0 Å². The zero-order valence-corrected chi connectivity index (χ0v) is 8.34. The molecular weight excluding hydrogens is 160 g/mol. The topological polar surface area (TPSA) is 15.3 Å². The van der Waals surface area contributed by atoms with Crippen molar-refractivity contribution in [1.82, 2.24) is 10.2 Å². The van der Waals surface area contributed by atoms with Gasteiger partial charge in [-0.15, -0.1) is 0 Å². The van der Waals surface area contributed by atoms with Gasteiger partial charge in [0, 0.05) is 12.1 Å². The summed E-state index contributed by atoms with van der Waals surface area (Å²) in [6.45, 7) is 3.95. The Balaban J connectivity index is 1.49. The monoisotopic (exact) mass is 180 g/mol. The predicted molar refractivity (Wildman–Crippen MR) is 53.7 cm³/mol. The van der Waals surface area contributed by atoms with Crippen LogP contribution in [-0.4, -0.2) is 36.6 Å². The van der Waals surface area contributed by atoms with E-state index in [-0.39, 0.29) is 0 Å². The predicted octanol–water partition coefficient (Wildman–Crippen LogP) is 1.22. The molecule has 0 aliphatic carbocycles. The van der Waals surface area contributed by atoms with Gasteiger partial charge in [0.2, 0.25) is 0 Å². The molecule has 3 heterocycles. The second-order valence-electron chi connectivity index (χ2n) is 5.01. The van der Waals surface area contributed by atoms with Crippen molar-refractivity contribution in [3.8, 4) is 0 Å². The van der Waals surface area contributed by atoms with Gasteiger partial charge in [-0.2, -0.15) is 0 Å². The summed E-state index contributed by atoms with van der Waals surface area (Å²) in [5.74, 6) is 1.000. The molecule has 2 heteroatoms. The molecule has 0 amide bonds. The molecule has 3 aliphatic rings. The molecular formula is C11H20N2. The van der Waals surface area contributed by atoms with Crippen molar-refractivity contribution >= 4 is 0 Å². The van der Waals surface area contributed by atoms with Crippen molar-refractivity contribution in [2.45, 2.75) is 44.2 Å². The second-order valence-corrected chi connectivity index (χ2v) is 5.01. The first-order chi connectivity index (χ1) is 6.43. The third-order valence-electron chi connectivity index (χ3n) is 4.27. The fraction of sp³-hybridized carbons (Fsp3) is 1.00. The molecule has 1 N–H and O–H groups in total. The number of rotatable bonds is 3. The molecule has 2 nitrogen and oxygen atoms in total. The van der Waals surface area contributed by atoms with Crippen molar-refractivity contribution in [1.29, 1.82) is 0 Å². The maximum absolute atomic E-state index is 3.36. The lowest BCUT2D eigenvalue weighted by Gasteiger charge is -2.30. The Hall–Kier alpha value is -0.0800. The van der Waals surface area contributed by atoms with Gasteiger partial charge < -0.3 is 5.32 Å². The van der Waals surface area contributed by atoms with Crippen LogP contribution in [-0.2, 0) is 0 Å². The quantitative estimate of drug-likeness (QED) is 0.702. The standard InChI is InChI=1S/C11H20N2/c1-2-11-4-3-10(1)13(11)6-5-9-7-12-8-9/h9-12H,1-8H2. The van der Waals surface area contributed by atoms with Crippen LogP contribution in [0.5, 0.6) is 0 Å². The molecule has 0 aromatic rings. The molecule has 0 atom stereocenters. The summed E-state index contributed by atoms with van der Waals surface area (Å²) < 4.78 is 0. The van der Waals surface area contributed by atoms with E-state index in [1.807, 2.05) is 0 Å². The third-order valence-corrected chi connectivity index (χ3v) is 4.27. The Morgan fingerprint density at radius 2 is 1.62 bits per heavy atom. The van der Waals surface area contributed by atoms with E-state index < -0.39 is 0 Å². The Morgan fingerprint density at radius 3 is 2.08 bits per heavy atom. The summed E-state index contributed by atoms with van der Waals surface area (Å²) in [4.78, 5) is 2.80. The van der Waals surface area contributed by atoms with Gasteiger partial charge in [-0.3, -0.25) is 4.90 Å². The van der Waals surface area contributed by atoms with Gasteiger partial charge in [-0.25, -0.2) is 0 Å². The van der Waals surface area contributed by atoms with Crippen LogP contribution in [0.3, 0.4) is 0 Å². The molecule has 3 fully saturated rings. The van der Waals surface area contributed by atoms with Crippen LogP contribution >= 0.6 is 0 Å². The Morgan fingerprint density at radius 1 is 1.00 bits per heavy atom. The fourth-order valence-electron chi connectivity index (χ4n) is 3.27. The molecule has 0 unspecified atom stereocenters. The van der Waals surface area contributed by atoms with Crippen LogP contribution < -0.4 is 5.32 Å². The van der Waals surface area contributed by atoms with Gasteiger partial charge in [-0.1, -0.05) is 0 Å². The van der Waals surface area contributed by atoms with Crippen LogP contribution in [0.1, 0.15) is 32.1 Å². The van der Waals surface area contributed by atoms with E-state index >= 15 is 0 Å². The van der Waals surface area contributed by atoms with Crippen molar-refractivity contribution in [3.63, 3.8) is 0 Å². The van der Waals surface area contributed by atoms with Gasteiger partial charge in [0.25, 0.3) is 0 Å². The van der Waals surface area contributed by atoms with E-state index in [9.17, 15) is 0 Å². The Bertz CT molecular complexity index is 169. The zero-order valence-electron chi connectivity index (χ0n) is 8.34. The minimum atomic E-state index is 0.984. The molecule has 0 spiro atoms. The SMILES string of the molecule is C(CN1C2CCC1CC2)C1CNC1. The van der Waals surface area contributed by atoms with E-state index in [1.54, 1.807) is 0 Å².